The van der Waals surface area contributed by atoms with Crippen LogP contribution in [0.5, 0.6) is 0 Å². The van der Waals surface area contributed by atoms with Gasteiger partial charge in [-0.25, -0.2) is 0 Å². The summed E-state index contributed by atoms with van der Waals surface area (Å²) in [6, 6.07) is -0.133. The van der Waals surface area contributed by atoms with Gasteiger partial charge < -0.3 is 10.3 Å². The standard InChI is InChI=1S/C10H16F3N3O/c1-3-7(14)6(2)9-15-8(16-17-9)4-5-10(11,12)13/h6-7H,3-5,14H2,1-2H3. The van der Waals surface area contributed by atoms with Gasteiger partial charge in [-0.1, -0.05) is 19.0 Å². The number of aromatic nitrogens is 2. The third kappa shape index (κ3) is 4.33. The molecule has 0 aliphatic heterocycles. The van der Waals surface area contributed by atoms with Crippen molar-refractivity contribution in [1.29, 1.82) is 0 Å². The third-order valence-electron chi connectivity index (χ3n) is 2.62. The molecule has 0 spiro atoms. The highest BCUT2D eigenvalue weighted by Crippen LogP contribution is 2.22. The zero-order valence-corrected chi connectivity index (χ0v) is 9.79. The Bertz CT molecular complexity index is 351. The maximum Gasteiger partial charge on any atom is 0.389 e. The van der Waals surface area contributed by atoms with E-state index in [2.05, 4.69) is 10.1 Å². The molecule has 1 rings (SSSR count). The molecule has 0 saturated heterocycles. The Balaban J connectivity index is 2.59. The predicted molar refractivity (Wildman–Crippen MR) is 55.4 cm³/mol. The molecule has 0 radical (unpaired) electrons. The quantitative estimate of drug-likeness (QED) is 0.872. The predicted octanol–water partition coefficient (Wildman–Crippen LogP) is 2.41. The largest absolute Gasteiger partial charge is 0.389 e. The summed E-state index contributed by atoms with van der Waals surface area (Å²) in [7, 11) is 0. The highest BCUT2D eigenvalue weighted by atomic mass is 19.4. The molecule has 98 valence electrons. The van der Waals surface area contributed by atoms with E-state index in [0.29, 0.717) is 5.89 Å². The van der Waals surface area contributed by atoms with Crippen LogP contribution in [0.4, 0.5) is 13.2 Å². The number of rotatable bonds is 5. The minimum atomic E-state index is -4.20. The van der Waals surface area contributed by atoms with Crippen LogP contribution in [0, 0.1) is 0 Å². The maximum atomic E-state index is 12.0. The van der Waals surface area contributed by atoms with Crippen LogP contribution in [-0.2, 0) is 6.42 Å². The summed E-state index contributed by atoms with van der Waals surface area (Å²) in [5.41, 5.74) is 5.79. The van der Waals surface area contributed by atoms with Crippen molar-refractivity contribution in [2.75, 3.05) is 0 Å². The van der Waals surface area contributed by atoms with E-state index in [1.165, 1.54) is 0 Å². The Morgan fingerprint density at radius 2 is 2.06 bits per heavy atom. The molecule has 1 aromatic rings. The normalized spacial score (nSPS) is 15.9. The highest BCUT2D eigenvalue weighted by molar-refractivity contribution is 4.96. The van der Waals surface area contributed by atoms with Crippen molar-refractivity contribution in [2.24, 2.45) is 5.73 Å². The lowest BCUT2D eigenvalue weighted by Crippen LogP contribution is -2.25. The molecule has 7 heteroatoms. The van der Waals surface area contributed by atoms with Gasteiger partial charge in [-0.05, 0) is 6.42 Å². The van der Waals surface area contributed by atoms with Gasteiger partial charge >= 0.3 is 6.18 Å². The van der Waals surface area contributed by atoms with Crippen LogP contribution in [0.3, 0.4) is 0 Å². The summed E-state index contributed by atoms with van der Waals surface area (Å²) >= 11 is 0. The molecule has 17 heavy (non-hydrogen) atoms. The summed E-state index contributed by atoms with van der Waals surface area (Å²) in [5.74, 6) is 0.233. The van der Waals surface area contributed by atoms with Crippen molar-refractivity contribution in [3.63, 3.8) is 0 Å². The third-order valence-corrected chi connectivity index (χ3v) is 2.62. The lowest BCUT2D eigenvalue weighted by atomic mass is 10.0. The minimum absolute atomic E-state index is 0.0764. The molecular formula is C10H16F3N3O. The second-order valence-electron chi connectivity index (χ2n) is 4.02. The van der Waals surface area contributed by atoms with E-state index in [1.54, 1.807) is 0 Å². The van der Waals surface area contributed by atoms with Crippen LogP contribution in [0.15, 0.2) is 4.52 Å². The van der Waals surface area contributed by atoms with Crippen molar-refractivity contribution in [3.8, 4) is 0 Å². The first-order chi connectivity index (χ1) is 7.83. The Morgan fingerprint density at radius 1 is 1.41 bits per heavy atom. The van der Waals surface area contributed by atoms with E-state index in [9.17, 15) is 13.2 Å². The summed E-state index contributed by atoms with van der Waals surface area (Å²) < 4.78 is 40.9. The van der Waals surface area contributed by atoms with Gasteiger partial charge in [-0.15, -0.1) is 0 Å². The second-order valence-corrected chi connectivity index (χ2v) is 4.02. The molecule has 0 aliphatic carbocycles. The summed E-state index contributed by atoms with van der Waals surface area (Å²) in [6.45, 7) is 3.73. The average molecular weight is 251 g/mol. The van der Waals surface area contributed by atoms with Gasteiger partial charge in [0, 0.05) is 12.5 Å². The van der Waals surface area contributed by atoms with Crippen LogP contribution in [0.2, 0.25) is 0 Å². The van der Waals surface area contributed by atoms with E-state index >= 15 is 0 Å². The fraction of sp³-hybridized carbons (Fsp3) is 0.800. The number of hydrogen-bond donors (Lipinski definition) is 1. The van der Waals surface area contributed by atoms with E-state index in [1.807, 2.05) is 13.8 Å². The SMILES string of the molecule is CCC(N)C(C)c1nc(CCC(F)(F)F)no1. The highest BCUT2D eigenvalue weighted by Gasteiger charge is 2.28. The molecule has 0 amide bonds. The van der Waals surface area contributed by atoms with E-state index in [-0.39, 0.29) is 24.2 Å². The van der Waals surface area contributed by atoms with Gasteiger partial charge in [-0.2, -0.15) is 18.2 Å². The summed E-state index contributed by atoms with van der Waals surface area (Å²) in [5, 5.41) is 3.52. The van der Waals surface area contributed by atoms with Crippen molar-refractivity contribution in [1.82, 2.24) is 10.1 Å². The lowest BCUT2D eigenvalue weighted by molar-refractivity contribution is -0.134. The van der Waals surface area contributed by atoms with Crippen LogP contribution in [0.1, 0.15) is 44.3 Å². The molecular weight excluding hydrogens is 235 g/mol. The van der Waals surface area contributed by atoms with Gasteiger partial charge in [0.2, 0.25) is 5.89 Å². The molecule has 4 nitrogen and oxygen atoms in total. The number of aryl methyl sites for hydroxylation is 1. The maximum absolute atomic E-state index is 12.0. The van der Waals surface area contributed by atoms with Gasteiger partial charge in [0.05, 0.1) is 12.3 Å². The van der Waals surface area contributed by atoms with Crippen molar-refractivity contribution < 1.29 is 17.7 Å². The first-order valence-electron chi connectivity index (χ1n) is 5.48. The fourth-order valence-corrected chi connectivity index (χ4v) is 1.34. The van der Waals surface area contributed by atoms with Crippen molar-refractivity contribution in [2.45, 2.75) is 51.2 Å². The topological polar surface area (TPSA) is 64.9 Å². The number of hydrogen-bond acceptors (Lipinski definition) is 4. The second kappa shape index (κ2) is 5.48. The van der Waals surface area contributed by atoms with Gasteiger partial charge in [0.15, 0.2) is 5.82 Å². The van der Waals surface area contributed by atoms with E-state index in [4.69, 9.17) is 10.3 Å². The number of nitrogens with zero attached hydrogens (tertiary/aromatic N) is 2. The van der Waals surface area contributed by atoms with Crippen LogP contribution < -0.4 is 5.73 Å². The first kappa shape index (κ1) is 14.0. The Morgan fingerprint density at radius 3 is 2.59 bits per heavy atom. The molecule has 0 aliphatic rings. The van der Waals surface area contributed by atoms with Crippen molar-refractivity contribution in [3.05, 3.63) is 11.7 Å². The number of nitrogens with two attached hydrogens (primary N) is 1. The molecule has 1 heterocycles. The fourth-order valence-electron chi connectivity index (χ4n) is 1.34. The summed E-state index contributed by atoms with van der Waals surface area (Å²) in [6.07, 6.45) is -4.67. The molecule has 0 fully saturated rings. The Hall–Kier alpha value is -1.11. The zero-order chi connectivity index (χ0) is 13.1. The molecule has 0 saturated carbocycles. The molecule has 1 aromatic heterocycles. The van der Waals surface area contributed by atoms with Crippen molar-refractivity contribution >= 4 is 0 Å². The lowest BCUT2D eigenvalue weighted by Gasteiger charge is -2.13. The monoisotopic (exact) mass is 251 g/mol. The molecule has 2 atom stereocenters. The van der Waals surface area contributed by atoms with Crippen LogP contribution in [0.25, 0.3) is 0 Å². The summed E-state index contributed by atoms with van der Waals surface area (Å²) in [4.78, 5) is 3.92. The van der Waals surface area contributed by atoms with E-state index in [0.717, 1.165) is 6.42 Å². The van der Waals surface area contributed by atoms with Gasteiger partial charge in [0.1, 0.15) is 0 Å². The Kier molecular flexibility index (Phi) is 4.50. The number of alkyl halides is 3. The zero-order valence-electron chi connectivity index (χ0n) is 9.79. The minimum Gasteiger partial charge on any atom is -0.339 e. The van der Waals surface area contributed by atoms with Crippen LogP contribution in [-0.4, -0.2) is 22.4 Å². The van der Waals surface area contributed by atoms with Gasteiger partial charge in [0.25, 0.3) is 0 Å². The average Bonchev–Trinajstić information content (AvgIpc) is 2.72. The molecule has 0 bridgehead atoms. The smallest absolute Gasteiger partial charge is 0.339 e. The Labute approximate surface area is 97.4 Å². The number of halogens is 3. The van der Waals surface area contributed by atoms with Crippen LogP contribution >= 0.6 is 0 Å². The molecule has 2 unspecified atom stereocenters. The first-order valence-corrected chi connectivity index (χ1v) is 5.48. The molecule has 0 aromatic carbocycles. The van der Waals surface area contributed by atoms with Gasteiger partial charge in [-0.3, -0.25) is 0 Å². The van der Waals surface area contributed by atoms with E-state index < -0.39 is 12.6 Å². The molecule has 2 N–H and O–H groups in total.